The predicted molar refractivity (Wildman–Crippen MR) is 147 cm³/mol. The quantitative estimate of drug-likeness (QED) is 0.404. The SMILES string of the molecule is C=CC(=O)Nc1cc(Nc2cc(N3OCCC3c3cccc(C)c3F)ncn2)c(OC)cc1N1CCOCC1. The maximum atomic E-state index is 14.9. The third-order valence-corrected chi connectivity index (χ3v) is 6.74. The zero-order valence-corrected chi connectivity index (χ0v) is 21.9. The molecule has 1 amide bonds. The molecule has 2 N–H and O–H groups in total. The summed E-state index contributed by atoms with van der Waals surface area (Å²) in [5.41, 5.74) is 3.13. The number of carbonyl (C=O) groups is 1. The molecule has 2 aromatic carbocycles. The Hall–Kier alpha value is -4.22. The van der Waals surface area contributed by atoms with Crippen LogP contribution in [0.3, 0.4) is 0 Å². The number of hydrogen-bond acceptors (Lipinski definition) is 9. The molecule has 1 aromatic heterocycles. The summed E-state index contributed by atoms with van der Waals surface area (Å²) in [6.45, 7) is 8.29. The lowest BCUT2D eigenvalue weighted by Gasteiger charge is -2.31. The van der Waals surface area contributed by atoms with Crippen molar-refractivity contribution in [2.75, 3.05) is 60.6 Å². The number of benzene rings is 2. The first-order valence-corrected chi connectivity index (χ1v) is 12.7. The summed E-state index contributed by atoms with van der Waals surface area (Å²) in [5.74, 6) is 0.943. The van der Waals surface area contributed by atoms with E-state index in [0.717, 1.165) is 5.69 Å². The second-order valence-electron chi connectivity index (χ2n) is 9.19. The zero-order chi connectivity index (χ0) is 27.4. The van der Waals surface area contributed by atoms with Gasteiger partial charge in [-0.25, -0.2) is 19.4 Å². The largest absolute Gasteiger partial charge is 0.494 e. The summed E-state index contributed by atoms with van der Waals surface area (Å²) in [6.07, 6.45) is 3.26. The van der Waals surface area contributed by atoms with Gasteiger partial charge in [-0.05, 0) is 24.6 Å². The number of amides is 1. The number of aromatic nitrogens is 2. The maximum absolute atomic E-state index is 14.9. The Balaban J connectivity index is 1.45. The highest BCUT2D eigenvalue weighted by Gasteiger charge is 2.31. The van der Waals surface area contributed by atoms with Crippen molar-refractivity contribution in [2.24, 2.45) is 0 Å². The van der Waals surface area contributed by atoms with Gasteiger partial charge in [0.2, 0.25) is 5.91 Å². The van der Waals surface area contributed by atoms with E-state index in [-0.39, 0.29) is 17.8 Å². The highest BCUT2D eigenvalue weighted by atomic mass is 19.1. The van der Waals surface area contributed by atoms with Crippen LogP contribution < -0.4 is 25.3 Å². The number of nitrogens with one attached hydrogen (secondary N) is 2. The van der Waals surface area contributed by atoms with E-state index in [0.29, 0.717) is 79.2 Å². The fraction of sp³-hybridized carbons (Fsp3) is 0.321. The van der Waals surface area contributed by atoms with Crippen LogP contribution in [-0.4, -0.2) is 55.9 Å². The first-order chi connectivity index (χ1) is 19.0. The topological polar surface area (TPSA) is 101 Å². The minimum Gasteiger partial charge on any atom is -0.494 e. The predicted octanol–water partition coefficient (Wildman–Crippen LogP) is 4.52. The number of morpholine rings is 1. The van der Waals surface area contributed by atoms with Crippen LogP contribution in [0, 0.1) is 12.7 Å². The summed E-state index contributed by atoms with van der Waals surface area (Å²) >= 11 is 0. The second kappa shape index (κ2) is 11.7. The number of anilines is 5. The third kappa shape index (κ3) is 5.64. The highest BCUT2D eigenvalue weighted by Crippen LogP contribution is 2.40. The van der Waals surface area contributed by atoms with Crippen LogP contribution in [0.1, 0.15) is 23.6 Å². The van der Waals surface area contributed by atoms with E-state index in [4.69, 9.17) is 14.3 Å². The van der Waals surface area contributed by atoms with Gasteiger partial charge >= 0.3 is 0 Å². The fourth-order valence-corrected chi connectivity index (χ4v) is 4.76. The van der Waals surface area contributed by atoms with E-state index in [2.05, 4.69) is 32.1 Å². The van der Waals surface area contributed by atoms with Crippen molar-refractivity contribution < 1.29 is 23.5 Å². The molecule has 2 fully saturated rings. The average Bonchev–Trinajstić information content (AvgIpc) is 3.45. The second-order valence-corrected chi connectivity index (χ2v) is 9.19. The number of ether oxygens (including phenoxy) is 2. The number of halogens is 1. The van der Waals surface area contributed by atoms with Gasteiger partial charge in [0.25, 0.3) is 0 Å². The molecule has 0 radical (unpaired) electrons. The van der Waals surface area contributed by atoms with Crippen molar-refractivity contribution in [3.8, 4) is 5.75 Å². The summed E-state index contributed by atoms with van der Waals surface area (Å²) in [7, 11) is 1.58. The van der Waals surface area contributed by atoms with Crippen molar-refractivity contribution >= 4 is 34.6 Å². The van der Waals surface area contributed by atoms with Crippen molar-refractivity contribution in [3.05, 3.63) is 72.3 Å². The first-order valence-electron chi connectivity index (χ1n) is 12.7. The Kier molecular flexibility index (Phi) is 7.89. The molecule has 3 heterocycles. The number of carbonyl (C=O) groups excluding carboxylic acids is 1. The van der Waals surface area contributed by atoms with Gasteiger partial charge in [0.05, 0.1) is 50.0 Å². The molecular formula is C28H31FN6O4. The van der Waals surface area contributed by atoms with Gasteiger partial charge in [-0.3, -0.25) is 9.63 Å². The molecule has 39 heavy (non-hydrogen) atoms. The Bertz CT molecular complexity index is 1360. The van der Waals surface area contributed by atoms with Gasteiger partial charge < -0.3 is 25.0 Å². The van der Waals surface area contributed by atoms with Gasteiger partial charge in [0, 0.05) is 37.2 Å². The molecule has 204 valence electrons. The Morgan fingerprint density at radius 3 is 2.77 bits per heavy atom. The molecule has 2 aliphatic rings. The molecule has 1 atom stereocenters. The third-order valence-electron chi connectivity index (χ3n) is 6.74. The minimum atomic E-state index is -0.328. The Labute approximate surface area is 226 Å². The maximum Gasteiger partial charge on any atom is 0.247 e. The fourth-order valence-electron chi connectivity index (χ4n) is 4.76. The number of aryl methyl sites for hydroxylation is 1. The molecule has 0 saturated carbocycles. The molecule has 2 saturated heterocycles. The van der Waals surface area contributed by atoms with E-state index >= 15 is 0 Å². The van der Waals surface area contributed by atoms with E-state index in [1.807, 2.05) is 12.1 Å². The molecule has 11 heteroatoms. The summed E-state index contributed by atoms with van der Waals surface area (Å²) in [6, 6.07) is 10.4. The van der Waals surface area contributed by atoms with Gasteiger partial charge in [0.15, 0.2) is 5.82 Å². The van der Waals surface area contributed by atoms with Gasteiger partial charge in [-0.15, -0.1) is 0 Å². The van der Waals surface area contributed by atoms with Gasteiger partial charge in [0.1, 0.15) is 23.7 Å². The van der Waals surface area contributed by atoms with Crippen LogP contribution in [0.5, 0.6) is 5.75 Å². The molecular weight excluding hydrogens is 503 g/mol. The number of rotatable bonds is 8. The van der Waals surface area contributed by atoms with Crippen LogP contribution in [0.25, 0.3) is 0 Å². The number of hydroxylamine groups is 1. The zero-order valence-electron chi connectivity index (χ0n) is 21.9. The van der Waals surface area contributed by atoms with E-state index < -0.39 is 0 Å². The van der Waals surface area contributed by atoms with E-state index in [1.54, 1.807) is 43.4 Å². The molecule has 2 aliphatic heterocycles. The summed E-state index contributed by atoms with van der Waals surface area (Å²) < 4.78 is 26.1. The molecule has 1 unspecified atom stereocenters. The van der Waals surface area contributed by atoms with Crippen LogP contribution in [0.4, 0.5) is 33.1 Å². The van der Waals surface area contributed by atoms with Crippen LogP contribution >= 0.6 is 0 Å². The summed E-state index contributed by atoms with van der Waals surface area (Å²) in [5, 5.41) is 7.79. The van der Waals surface area contributed by atoms with Crippen molar-refractivity contribution in [1.82, 2.24) is 9.97 Å². The first kappa shape index (κ1) is 26.4. The van der Waals surface area contributed by atoms with Crippen LogP contribution in [-0.2, 0) is 14.4 Å². The highest BCUT2D eigenvalue weighted by molar-refractivity contribution is 6.02. The Morgan fingerprint density at radius 1 is 1.18 bits per heavy atom. The number of nitrogens with zero attached hydrogens (tertiary/aromatic N) is 4. The Morgan fingerprint density at radius 2 is 2.00 bits per heavy atom. The normalized spacial score (nSPS) is 17.2. The monoisotopic (exact) mass is 534 g/mol. The smallest absolute Gasteiger partial charge is 0.247 e. The van der Waals surface area contributed by atoms with Crippen molar-refractivity contribution in [2.45, 2.75) is 19.4 Å². The minimum absolute atomic E-state index is 0.246. The van der Waals surface area contributed by atoms with Crippen LogP contribution in [0.15, 0.2) is 55.4 Å². The average molecular weight is 535 g/mol. The van der Waals surface area contributed by atoms with Gasteiger partial charge in [-0.1, -0.05) is 24.8 Å². The summed E-state index contributed by atoms with van der Waals surface area (Å²) in [4.78, 5) is 29.0. The van der Waals surface area contributed by atoms with Crippen molar-refractivity contribution in [1.29, 1.82) is 0 Å². The molecule has 0 spiro atoms. The lowest BCUT2D eigenvalue weighted by molar-refractivity contribution is -0.111. The van der Waals surface area contributed by atoms with Crippen molar-refractivity contribution in [3.63, 3.8) is 0 Å². The van der Waals surface area contributed by atoms with E-state index in [1.165, 1.54) is 12.4 Å². The van der Waals surface area contributed by atoms with E-state index in [9.17, 15) is 9.18 Å². The molecule has 0 bridgehead atoms. The van der Waals surface area contributed by atoms with Crippen LogP contribution in [0.2, 0.25) is 0 Å². The number of methoxy groups -OCH3 is 1. The lowest BCUT2D eigenvalue weighted by atomic mass is 10.0. The lowest BCUT2D eigenvalue weighted by Crippen LogP contribution is -2.36. The molecule has 5 rings (SSSR count). The standard InChI is InChI=1S/C28H31FN6O4/c1-4-27(36)33-20-14-21(24(37-3)15-23(20)34-9-12-38-13-10-34)32-25-16-26(31-17-30-25)35-22(8-11-39-35)19-7-5-6-18(2)28(19)29/h4-7,14-17,22H,1,8-13H2,2-3H3,(H,33,36)(H,30,31,32). The van der Waals surface area contributed by atoms with Gasteiger partial charge in [-0.2, -0.15) is 0 Å². The molecule has 3 aromatic rings. The number of hydrogen-bond donors (Lipinski definition) is 2. The molecule has 0 aliphatic carbocycles. The molecule has 10 nitrogen and oxygen atoms in total.